The number of benzene rings is 2. The molecule has 0 aliphatic heterocycles. The van der Waals surface area contributed by atoms with Crippen LogP contribution in [-0.4, -0.2) is 28.0 Å². The maximum atomic E-state index is 12.2. The molecule has 2 rings (SSSR count). The van der Waals surface area contributed by atoms with E-state index in [4.69, 9.17) is 9.47 Å². The van der Waals surface area contributed by atoms with E-state index in [1.54, 1.807) is 36.4 Å². The van der Waals surface area contributed by atoms with Crippen molar-refractivity contribution in [2.24, 2.45) is 0 Å². The van der Waals surface area contributed by atoms with Gasteiger partial charge in [-0.05, 0) is 36.2 Å². The minimum absolute atomic E-state index is 0.102. The van der Waals surface area contributed by atoms with Crippen LogP contribution in [0.5, 0.6) is 11.5 Å². The largest absolute Gasteiger partial charge is 0.493 e. The maximum absolute atomic E-state index is 12.2. The first-order valence-corrected chi connectivity index (χ1v) is 8.87. The molecule has 128 valence electrons. The van der Waals surface area contributed by atoms with Crippen LogP contribution < -0.4 is 14.2 Å². The van der Waals surface area contributed by atoms with E-state index in [0.29, 0.717) is 5.75 Å². The van der Waals surface area contributed by atoms with Gasteiger partial charge in [0.1, 0.15) is 6.54 Å². The van der Waals surface area contributed by atoms with E-state index < -0.39 is 22.5 Å². The molecule has 0 aromatic heterocycles. The van der Waals surface area contributed by atoms with E-state index in [0.717, 1.165) is 12.0 Å². The highest BCUT2D eigenvalue weighted by atomic mass is 32.2. The molecule has 0 spiro atoms. The third-order valence-corrected chi connectivity index (χ3v) is 4.76. The zero-order valence-corrected chi connectivity index (χ0v) is 14.3. The van der Waals surface area contributed by atoms with Crippen LogP contribution in [0.25, 0.3) is 0 Å². The van der Waals surface area contributed by atoms with E-state index in [1.807, 2.05) is 6.92 Å². The topological polar surface area (TPSA) is 81.7 Å². The van der Waals surface area contributed by atoms with Gasteiger partial charge in [-0.25, -0.2) is 8.42 Å². The average molecular weight is 349 g/mol. The van der Waals surface area contributed by atoms with Crippen LogP contribution in [0.15, 0.2) is 53.4 Å². The highest BCUT2D eigenvalue weighted by Gasteiger charge is 2.17. The Bertz CT molecular complexity index is 800. The van der Waals surface area contributed by atoms with E-state index in [2.05, 4.69) is 4.72 Å². The van der Waals surface area contributed by atoms with Gasteiger partial charge in [0, 0.05) is 0 Å². The van der Waals surface area contributed by atoms with Gasteiger partial charge in [-0.1, -0.05) is 31.2 Å². The molecule has 0 heterocycles. The van der Waals surface area contributed by atoms with Gasteiger partial charge in [0.15, 0.2) is 11.5 Å². The van der Waals surface area contributed by atoms with Crippen LogP contribution in [0.3, 0.4) is 0 Å². The Balaban J connectivity index is 1.99. The minimum Gasteiger partial charge on any atom is -0.493 e. The van der Waals surface area contributed by atoms with Crippen LogP contribution >= 0.6 is 0 Å². The smallest absolute Gasteiger partial charge is 0.326 e. The second kappa shape index (κ2) is 7.94. The number of sulfonamides is 1. The van der Waals surface area contributed by atoms with Crippen LogP contribution in [0.1, 0.15) is 12.5 Å². The lowest BCUT2D eigenvalue weighted by Gasteiger charge is -2.10. The number of hydrogen-bond acceptors (Lipinski definition) is 5. The highest BCUT2D eigenvalue weighted by molar-refractivity contribution is 7.89. The molecule has 7 heteroatoms. The number of nitrogens with one attached hydrogen (secondary N) is 1. The molecule has 0 radical (unpaired) electrons. The summed E-state index contributed by atoms with van der Waals surface area (Å²) in [4.78, 5) is 12.0. The molecular weight excluding hydrogens is 330 g/mol. The number of ether oxygens (including phenoxy) is 2. The standard InChI is InChI=1S/C17H19NO5S/c1-3-13-8-10-14(11-9-13)24(20,21)18-12-17(19)23-16-7-5-4-6-15(16)22-2/h4-11,18H,3,12H2,1-2H3. The zero-order valence-electron chi connectivity index (χ0n) is 13.5. The third-order valence-electron chi connectivity index (χ3n) is 3.34. The van der Waals surface area contributed by atoms with E-state index in [9.17, 15) is 13.2 Å². The van der Waals surface area contributed by atoms with Gasteiger partial charge in [0.05, 0.1) is 12.0 Å². The highest BCUT2D eigenvalue weighted by Crippen LogP contribution is 2.25. The Morgan fingerprint density at radius 1 is 1.04 bits per heavy atom. The van der Waals surface area contributed by atoms with Crippen molar-refractivity contribution < 1.29 is 22.7 Å². The fourth-order valence-electron chi connectivity index (χ4n) is 2.00. The fourth-order valence-corrected chi connectivity index (χ4v) is 2.97. The molecule has 0 unspecified atom stereocenters. The van der Waals surface area contributed by atoms with E-state index in [-0.39, 0.29) is 10.6 Å². The lowest BCUT2D eigenvalue weighted by atomic mass is 10.2. The van der Waals surface area contributed by atoms with Crippen molar-refractivity contribution in [3.8, 4) is 11.5 Å². The van der Waals surface area contributed by atoms with Crippen LogP contribution in [0, 0.1) is 0 Å². The number of hydrogen-bond donors (Lipinski definition) is 1. The summed E-state index contributed by atoms with van der Waals surface area (Å²) >= 11 is 0. The molecule has 0 atom stereocenters. The van der Waals surface area contributed by atoms with Crippen molar-refractivity contribution in [3.05, 3.63) is 54.1 Å². The summed E-state index contributed by atoms with van der Waals surface area (Å²) in [6, 6.07) is 13.1. The predicted molar refractivity (Wildman–Crippen MR) is 89.6 cm³/mol. The van der Waals surface area contributed by atoms with Crippen molar-refractivity contribution in [2.45, 2.75) is 18.2 Å². The molecule has 0 amide bonds. The quantitative estimate of drug-likeness (QED) is 0.612. The monoisotopic (exact) mass is 349 g/mol. The van der Waals surface area contributed by atoms with Crippen molar-refractivity contribution in [2.75, 3.05) is 13.7 Å². The molecule has 0 saturated heterocycles. The second-order valence-corrected chi connectivity index (χ2v) is 6.71. The van der Waals surface area contributed by atoms with E-state index in [1.165, 1.54) is 19.2 Å². The summed E-state index contributed by atoms with van der Waals surface area (Å²) in [5.74, 6) is -0.103. The number of carbonyl (C=O) groups is 1. The number of carbonyl (C=O) groups excluding carboxylic acids is 1. The number of para-hydroxylation sites is 2. The first kappa shape index (κ1) is 18.0. The van der Waals surface area contributed by atoms with Crippen LogP contribution in [-0.2, 0) is 21.2 Å². The van der Waals surface area contributed by atoms with Gasteiger partial charge in [0.2, 0.25) is 10.0 Å². The van der Waals surface area contributed by atoms with E-state index >= 15 is 0 Å². The van der Waals surface area contributed by atoms with Crippen molar-refractivity contribution in [1.82, 2.24) is 4.72 Å². The lowest BCUT2D eigenvalue weighted by molar-refractivity contribution is -0.133. The summed E-state index contributed by atoms with van der Waals surface area (Å²) in [5, 5.41) is 0. The first-order valence-electron chi connectivity index (χ1n) is 7.38. The maximum Gasteiger partial charge on any atom is 0.326 e. The van der Waals surface area contributed by atoms with Crippen molar-refractivity contribution in [3.63, 3.8) is 0 Å². The number of methoxy groups -OCH3 is 1. The average Bonchev–Trinajstić information content (AvgIpc) is 2.60. The Morgan fingerprint density at radius 3 is 2.25 bits per heavy atom. The lowest BCUT2D eigenvalue weighted by Crippen LogP contribution is -2.32. The predicted octanol–water partition coefficient (Wildman–Crippen LogP) is 2.14. The van der Waals surface area contributed by atoms with Gasteiger partial charge < -0.3 is 9.47 Å². The second-order valence-electron chi connectivity index (χ2n) is 4.95. The molecule has 0 fully saturated rings. The number of rotatable bonds is 7. The van der Waals surface area contributed by atoms with Crippen molar-refractivity contribution >= 4 is 16.0 Å². The molecular formula is C17H19NO5S. The fraction of sp³-hybridized carbons (Fsp3) is 0.235. The Labute approximate surface area is 141 Å². The molecule has 0 aliphatic carbocycles. The number of esters is 1. The Morgan fingerprint density at radius 2 is 1.67 bits per heavy atom. The molecule has 0 saturated carbocycles. The van der Waals surface area contributed by atoms with Crippen LogP contribution in [0.4, 0.5) is 0 Å². The Hall–Kier alpha value is -2.38. The summed E-state index contributed by atoms with van der Waals surface area (Å²) in [6.45, 7) is 1.51. The zero-order chi connectivity index (χ0) is 17.6. The summed E-state index contributed by atoms with van der Waals surface area (Å²) in [7, 11) is -2.32. The molecule has 2 aromatic carbocycles. The number of aryl methyl sites for hydroxylation is 1. The van der Waals surface area contributed by atoms with Gasteiger partial charge in [-0.15, -0.1) is 0 Å². The molecule has 6 nitrogen and oxygen atoms in total. The first-order chi connectivity index (χ1) is 11.5. The van der Waals surface area contributed by atoms with Gasteiger partial charge in [-0.3, -0.25) is 4.79 Å². The third kappa shape index (κ3) is 4.56. The van der Waals surface area contributed by atoms with Gasteiger partial charge in [-0.2, -0.15) is 4.72 Å². The van der Waals surface area contributed by atoms with Crippen LogP contribution in [0.2, 0.25) is 0 Å². The minimum atomic E-state index is -3.77. The normalized spacial score (nSPS) is 11.1. The summed E-state index contributed by atoms with van der Waals surface area (Å²) < 4.78 is 36.7. The molecule has 24 heavy (non-hydrogen) atoms. The summed E-state index contributed by atoms with van der Waals surface area (Å²) in [6.07, 6.45) is 0.818. The molecule has 1 N–H and O–H groups in total. The van der Waals surface area contributed by atoms with Crippen molar-refractivity contribution in [1.29, 1.82) is 0 Å². The van der Waals surface area contributed by atoms with Gasteiger partial charge >= 0.3 is 5.97 Å². The molecule has 2 aromatic rings. The summed E-state index contributed by atoms with van der Waals surface area (Å²) in [5.41, 5.74) is 1.03. The SMILES string of the molecule is CCc1ccc(S(=O)(=O)NCC(=O)Oc2ccccc2OC)cc1. The Kier molecular flexibility index (Phi) is 5.94. The molecule has 0 bridgehead atoms. The molecule has 0 aliphatic rings. The van der Waals surface area contributed by atoms with Gasteiger partial charge in [0.25, 0.3) is 0 Å².